The lowest BCUT2D eigenvalue weighted by molar-refractivity contribution is 0.102. The van der Waals surface area contributed by atoms with Gasteiger partial charge in [-0.1, -0.05) is 48.5 Å². The van der Waals surface area contributed by atoms with Crippen molar-refractivity contribution in [3.8, 4) is 11.3 Å². The van der Waals surface area contributed by atoms with E-state index in [0.29, 0.717) is 29.2 Å². The summed E-state index contributed by atoms with van der Waals surface area (Å²) in [6, 6.07) is 20.5. The van der Waals surface area contributed by atoms with Crippen LogP contribution >= 0.6 is 0 Å². The molecule has 0 saturated carbocycles. The van der Waals surface area contributed by atoms with Crippen LogP contribution in [-0.2, 0) is 9.84 Å². The van der Waals surface area contributed by atoms with Crippen molar-refractivity contribution < 1.29 is 13.2 Å². The maximum absolute atomic E-state index is 13.4. The van der Waals surface area contributed by atoms with Gasteiger partial charge in [0, 0.05) is 17.0 Å². The van der Waals surface area contributed by atoms with Crippen LogP contribution < -0.4 is 5.32 Å². The first kappa shape index (κ1) is 20.4. The maximum Gasteiger partial charge on any atom is 0.257 e. The van der Waals surface area contributed by atoms with Crippen molar-refractivity contribution in [3.05, 3.63) is 78.0 Å². The van der Waals surface area contributed by atoms with Gasteiger partial charge in [-0.15, -0.1) is 0 Å². The van der Waals surface area contributed by atoms with Crippen LogP contribution in [0.4, 0.5) is 5.82 Å². The number of hydrogen-bond donors (Lipinski definition) is 1. The monoisotopic (exact) mass is 446 g/mol. The summed E-state index contributed by atoms with van der Waals surface area (Å²) in [5, 5.41) is 8.17. The fraction of sp³-hybridized carbons (Fsp3) is 0.208. The number of sulfone groups is 1. The number of aryl methyl sites for hydroxylation is 1. The van der Waals surface area contributed by atoms with Gasteiger partial charge in [-0.05, 0) is 25.5 Å². The molecule has 0 spiro atoms. The number of rotatable bonds is 4. The van der Waals surface area contributed by atoms with Crippen LogP contribution in [0.3, 0.4) is 0 Å². The molecule has 32 heavy (non-hydrogen) atoms. The number of anilines is 1. The molecule has 7 nitrogen and oxygen atoms in total. The number of para-hydroxylation sites is 1. The molecule has 5 rings (SSSR count). The molecule has 2 aromatic heterocycles. The van der Waals surface area contributed by atoms with E-state index in [0.717, 1.165) is 16.5 Å². The number of nitrogens with zero attached hydrogens (tertiary/aromatic N) is 3. The predicted molar refractivity (Wildman–Crippen MR) is 124 cm³/mol. The van der Waals surface area contributed by atoms with Crippen molar-refractivity contribution in [1.29, 1.82) is 0 Å². The highest BCUT2D eigenvalue weighted by Crippen LogP contribution is 2.29. The quantitative estimate of drug-likeness (QED) is 0.511. The first-order chi connectivity index (χ1) is 15.4. The minimum Gasteiger partial charge on any atom is -0.307 e. The summed E-state index contributed by atoms with van der Waals surface area (Å²) in [6.07, 6.45) is 0.489. The fourth-order valence-corrected chi connectivity index (χ4v) is 5.85. The first-order valence-electron chi connectivity index (χ1n) is 10.4. The molecule has 2 aromatic carbocycles. The SMILES string of the molecule is Cc1cc(NC(=O)c2cc(-c3ccccc3)nc3ccccc23)n(C2CCS(=O)(=O)C2)n1. The zero-order valence-electron chi connectivity index (χ0n) is 17.5. The van der Waals surface area contributed by atoms with Crippen LogP contribution in [0.15, 0.2) is 66.7 Å². The van der Waals surface area contributed by atoms with E-state index in [9.17, 15) is 13.2 Å². The molecule has 1 saturated heterocycles. The van der Waals surface area contributed by atoms with Gasteiger partial charge in [0.25, 0.3) is 5.91 Å². The molecule has 1 aliphatic heterocycles. The highest BCUT2D eigenvalue weighted by atomic mass is 32.2. The number of amides is 1. The number of hydrogen-bond acceptors (Lipinski definition) is 5. The second-order valence-electron chi connectivity index (χ2n) is 8.06. The standard InChI is InChI=1S/C24H22N4O3S/c1-16-13-23(28(27-16)18-11-12-32(30,31)15-18)26-24(29)20-14-22(17-7-3-2-4-8-17)25-21-10-6-5-9-19(20)21/h2-10,13-14,18H,11-12,15H2,1H3,(H,26,29). The highest BCUT2D eigenvalue weighted by Gasteiger charge is 2.31. The average molecular weight is 447 g/mol. The Kier molecular flexibility index (Phi) is 5.01. The Morgan fingerprint density at radius 3 is 2.56 bits per heavy atom. The van der Waals surface area contributed by atoms with Crippen LogP contribution in [0, 0.1) is 6.92 Å². The van der Waals surface area contributed by atoms with E-state index in [1.165, 1.54) is 0 Å². The number of pyridine rings is 1. The Morgan fingerprint density at radius 1 is 1.06 bits per heavy atom. The Bertz CT molecular complexity index is 1430. The number of aromatic nitrogens is 3. The number of nitrogens with one attached hydrogen (secondary N) is 1. The van der Waals surface area contributed by atoms with Crippen molar-refractivity contribution in [2.45, 2.75) is 19.4 Å². The van der Waals surface area contributed by atoms with Crippen molar-refractivity contribution >= 4 is 32.5 Å². The molecule has 1 unspecified atom stereocenters. The largest absolute Gasteiger partial charge is 0.307 e. The van der Waals surface area contributed by atoms with Crippen LogP contribution in [0.2, 0.25) is 0 Å². The van der Waals surface area contributed by atoms with Crippen LogP contribution in [0.1, 0.15) is 28.5 Å². The minimum absolute atomic E-state index is 0.0351. The van der Waals surface area contributed by atoms with E-state index < -0.39 is 9.84 Å². The molecule has 1 N–H and O–H groups in total. The van der Waals surface area contributed by atoms with Gasteiger partial charge < -0.3 is 5.32 Å². The van der Waals surface area contributed by atoms with Gasteiger partial charge in [0.15, 0.2) is 9.84 Å². The topological polar surface area (TPSA) is 94.0 Å². The van der Waals surface area contributed by atoms with Crippen LogP contribution in [-0.4, -0.2) is 40.6 Å². The van der Waals surface area contributed by atoms with Gasteiger partial charge in [0.05, 0.1) is 40.0 Å². The third kappa shape index (κ3) is 3.89. The zero-order chi connectivity index (χ0) is 22.3. The number of fused-ring (bicyclic) bond motifs is 1. The molecule has 1 fully saturated rings. The Hall–Kier alpha value is -3.52. The van der Waals surface area contributed by atoms with E-state index in [4.69, 9.17) is 4.98 Å². The van der Waals surface area contributed by atoms with Crippen molar-refractivity contribution in [1.82, 2.24) is 14.8 Å². The molecule has 4 aromatic rings. The van der Waals surface area contributed by atoms with E-state index in [2.05, 4.69) is 10.4 Å². The summed E-state index contributed by atoms with van der Waals surface area (Å²) in [7, 11) is -3.08. The van der Waals surface area contributed by atoms with Crippen molar-refractivity contribution in [3.63, 3.8) is 0 Å². The fourth-order valence-electron chi connectivity index (χ4n) is 4.16. The predicted octanol–water partition coefficient (Wildman–Crippen LogP) is 4.02. The number of benzene rings is 2. The third-order valence-corrected chi connectivity index (χ3v) is 7.43. The van der Waals surface area contributed by atoms with Crippen molar-refractivity contribution in [2.24, 2.45) is 0 Å². The van der Waals surface area contributed by atoms with Gasteiger partial charge >= 0.3 is 0 Å². The molecule has 1 atom stereocenters. The first-order valence-corrected chi connectivity index (χ1v) is 12.2. The molecular formula is C24H22N4O3S. The van der Waals surface area contributed by atoms with Gasteiger partial charge in [0.1, 0.15) is 5.82 Å². The molecule has 0 bridgehead atoms. The normalized spacial score (nSPS) is 17.5. The van der Waals surface area contributed by atoms with E-state index in [1.807, 2.05) is 61.5 Å². The Balaban J connectivity index is 1.54. The van der Waals surface area contributed by atoms with Gasteiger partial charge in [-0.25, -0.2) is 18.1 Å². The molecule has 1 amide bonds. The van der Waals surface area contributed by atoms with Crippen LogP contribution in [0.25, 0.3) is 22.2 Å². The summed E-state index contributed by atoms with van der Waals surface area (Å²) in [5.74, 6) is 0.381. The van der Waals surface area contributed by atoms with Gasteiger partial charge in [0.2, 0.25) is 0 Å². The summed E-state index contributed by atoms with van der Waals surface area (Å²) in [6.45, 7) is 1.82. The van der Waals surface area contributed by atoms with Gasteiger partial charge in [-0.2, -0.15) is 5.10 Å². The second kappa shape index (κ2) is 7.87. The molecule has 162 valence electrons. The summed E-state index contributed by atoms with van der Waals surface area (Å²) in [4.78, 5) is 18.1. The van der Waals surface area contributed by atoms with E-state index in [1.54, 1.807) is 16.8 Å². The Labute approximate surface area is 186 Å². The molecule has 3 heterocycles. The van der Waals surface area contributed by atoms with Crippen molar-refractivity contribution in [2.75, 3.05) is 16.8 Å². The average Bonchev–Trinajstić information content (AvgIpc) is 3.34. The maximum atomic E-state index is 13.4. The van der Waals surface area contributed by atoms with E-state index in [-0.39, 0.29) is 23.5 Å². The smallest absolute Gasteiger partial charge is 0.257 e. The summed E-state index contributed by atoms with van der Waals surface area (Å²) >= 11 is 0. The highest BCUT2D eigenvalue weighted by molar-refractivity contribution is 7.91. The van der Waals surface area contributed by atoms with E-state index >= 15 is 0 Å². The lowest BCUT2D eigenvalue weighted by Gasteiger charge is -2.15. The molecule has 8 heteroatoms. The number of carbonyl (C=O) groups excluding carboxylic acids is 1. The number of carbonyl (C=O) groups is 1. The molecular weight excluding hydrogens is 424 g/mol. The van der Waals surface area contributed by atoms with Gasteiger partial charge in [-0.3, -0.25) is 4.79 Å². The molecule has 1 aliphatic rings. The summed E-state index contributed by atoms with van der Waals surface area (Å²) < 4.78 is 25.6. The summed E-state index contributed by atoms with van der Waals surface area (Å²) in [5.41, 5.74) is 3.57. The molecule has 0 aliphatic carbocycles. The van der Waals surface area contributed by atoms with Crippen LogP contribution in [0.5, 0.6) is 0 Å². The minimum atomic E-state index is -3.08. The lowest BCUT2D eigenvalue weighted by Crippen LogP contribution is -2.20. The second-order valence-corrected chi connectivity index (χ2v) is 10.3. The lowest BCUT2D eigenvalue weighted by atomic mass is 10.0. The zero-order valence-corrected chi connectivity index (χ0v) is 18.3. The third-order valence-electron chi connectivity index (χ3n) is 5.68. The molecule has 0 radical (unpaired) electrons. The Morgan fingerprint density at radius 2 is 1.81 bits per heavy atom.